The third kappa shape index (κ3) is 2.41. The Morgan fingerprint density at radius 3 is 2.67 bits per heavy atom. The lowest BCUT2D eigenvalue weighted by Gasteiger charge is -2.22. The molecule has 2 aromatic heterocycles. The van der Waals surface area contributed by atoms with E-state index in [1.165, 1.54) is 12.8 Å². The van der Waals surface area contributed by atoms with E-state index in [1.807, 2.05) is 6.20 Å². The number of hydrogen-bond donors (Lipinski definition) is 2. The number of aromatic nitrogens is 4. The highest BCUT2D eigenvalue weighted by Gasteiger charge is 2.17. The number of hydrogen-bond acceptors (Lipinski definition) is 4. The summed E-state index contributed by atoms with van der Waals surface area (Å²) in [5, 5.41) is 3.39. The van der Waals surface area contributed by atoms with Crippen molar-refractivity contribution >= 4 is 0 Å². The summed E-state index contributed by atoms with van der Waals surface area (Å²) in [6, 6.07) is 0. The minimum Gasteiger partial charge on any atom is -0.343 e. The van der Waals surface area contributed by atoms with Gasteiger partial charge in [0, 0.05) is 24.8 Å². The van der Waals surface area contributed by atoms with Crippen molar-refractivity contribution in [1.29, 1.82) is 0 Å². The Hall–Kier alpha value is -1.75. The second-order valence-electron chi connectivity index (χ2n) is 4.69. The summed E-state index contributed by atoms with van der Waals surface area (Å²) in [4.78, 5) is 16.3. The molecule has 0 aromatic carbocycles. The number of piperidine rings is 1. The van der Waals surface area contributed by atoms with Crippen LogP contribution in [0.1, 0.15) is 18.5 Å². The van der Waals surface area contributed by atoms with E-state index in [1.54, 1.807) is 18.6 Å². The summed E-state index contributed by atoms with van der Waals surface area (Å²) in [7, 11) is 0. The van der Waals surface area contributed by atoms with Gasteiger partial charge in [-0.15, -0.1) is 0 Å². The molecule has 1 aliphatic heterocycles. The molecule has 0 bridgehead atoms. The maximum Gasteiger partial charge on any atom is 0.157 e. The van der Waals surface area contributed by atoms with Crippen molar-refractivity contribution < 1.29 is 0 Å². The van der Waals surface area contributed by atoms with Crippen LogP contribution < -0.4 is 5.32 Å². The number of rotatable bonds is 3. The minimum absolute atomic E-state index is 0.705. The van der Waals surface area contributed by atoms with Crippen LogP contribution >= 0.6 is 0 Å². The number of nitrogens with zero attached hydrogens (tertiary/aromatic N) is 3. The molecule has 2 aromatic rings. The molecule has 1 saturated heterocycles. The summed E-state index contributed by atoms with van der Waals surface area (Å²) < 4.78 is 0. The SMILES string of the molecule is c1c[nH]c(-c2nccnc2CC2CCNCC2)n1. The van der Waals surface area contributed by atoms with Crippen molar-refractivity contribution in [1.82, 2.24) is 25.3 Å². The fourth-order valence-corrected chi connectivity index (χ4v) is 2.47. The second kappa shape index (κ2) is 5.27. The quantitative estimate of drug-likeness (QED) is 0.855. The second-order valence-corrected chi connectivity index (χ2v) is 4.69. The topological polar surface area (TPSA) is 66.5 Å². The number of aromatic amines is 1. The lowest BCUT2D eigenvalue weighted by molar-refractivity contribution is 0.370. The Labute approximate surface area is 106 Å². The highest BCUT2D eigenvalue weighted by atomic mass is 14.9. The molecule has 3 rings (SSSR count). The smallest absolute Gasteiger partial charge is 0.157 e. The highest BCUT2D eigenvalue weighted by molar-refractivity contribution is 5.51. The Balaban J connectivity index is 1.83. The first kappa shape index (κ1) is 11.3. The van der Waals surface area contributed by atoms with Gasteiger partial charge in [0.15, 0.2) is 5.82 Å². The lowest BCUT2D eigenvalue weighted by Crippen LogP contribution is -2.29. The van der Waals surface area contributed by atoms with Crippen molar-refractivity contribution in [2.45, 2.75) is 19.3 Å². The van der Waals surface area contributed by atoms with E-state index >= 15 is 0 Å². The molecule has 0 amide bonds. The van der Waals surface area contributed by atoms with Crippen molar-refractivity contribution in [3.8, 4) is 11.5 Å². The predicted octanol–water partition coefficient (Wildman–Crippen LogP) is 1.41. The first-order valence-electron chi connectivity index (χ1n) is 6.44. The fraction of sp³-hybridized carbons (Fsp3) is 0.462. The molecule has 18 heavy (non-hydrogen) atoms. The van der Waals surface area contributed by atoms with Crippen LogP contribution in [0.25, 0.3) is 11.5 Å². The van der Waals surface area contributed by atoms with E-state index in [-0.39, 0.29) is 0 Å². The van der Waals surface area contributed by atoms with E-state index in [0.717, 1.165) is 36.7 Å². The van der Waals surface area contributed by atoms with E-state index in [0.29, 0.717) is 5.92 Å². The maximum absolute atomic E-state index is 4.49. The van der Waals surface area contributed by atoms with Crippen molar-refractivity contribution in [2.24, 2.45) is 5.92 Å². The number of imidazole rings is 1. The minimum atomic E-state index is 0.705. The van der Waals surface area contributed by atoms with Gasteiger partial charge in [0.05, 0.1) is 5.69 Å². The molecule has 1 fully saturated rings. The van der Waals surface area contributed by atoms with Gasteiger partial charge in [-0.05, 0) is 38.3 Å². The van der Waals surface area contributed by atoms with Gasteiger partial charge in [0.1, 0.15) is 5.69 Å². The third-order valence-corrected chi connectivity index (χ3v) is 3.44. The molecule has 2 N–H and O–H groups in total. The zero-order chi connectivity index (χ0) is 12.2. The summed E-state index contributed by atoms with van der Waals surface area (Å²) >= 11 is 0. The Morgan fingerprint density at radius 2 is 1.89 bits per heavy atom. The van der Waals surface area contributed by atoms with Crippen LogP contribution in [0.2, 0.25) is 0 Å². The van der Waals surface area contributed by atoms with Crippen LogP contribution in [-0.2, 0) is 6.42 Å². The molecule has 94 valence electrons. The monoisotopic (exact) mass is 243 g/mol. The molecule has 3 heterocycles. The van der Waals surface area contributed by atoms with Gasteiger partial charge in [-0.3, -0.25) is 4.98 Å². The van der Waals surface area contributed by atoms with Gasteiger partial charge >= 0.3 is 0 Å². The fourth-order valence-electron chi connectivity index (χ4n) is 2.47. The van der Waals surface area contributed by atoms with Gasteiger partial charge in [0.25, 0.3) is 0 Å². The van der Waals surface area contributed by atoms with Crippen LogP contribution in [0.5, 0.6) is 0 Å². The van der Waals surface area contributed by atoms with E-state index in [4.69, 9.17) is 0 Å². The average Bonchev–Trinajstić information content (AvgIpc) is 2.94. The van der Waals surface area contributed by atoms with E-state index in [2.05, 4.69) is 25.3 Å². The van der Waals surface area contributed by atoms with Crippen LogP contribution in [-0.4, -0.2) is 33.0 Å². The summed E-state index contributed by atoms with van der Waals surface area (Å²) in [5.74, 6) is 1.52. The van der Waals surface area contributed by atoms with Crippen LogP contribution in [0.15, 0.2) is 24.8 Å². The van der Waals surface area contributed by atoms with Crippen LogP contribution in [0, 0.1) is 5.92 Å². The molecular formula is C13H17N5. The summed E-state index contributed by atoms with van der Waals surface area (Å²) in [6.45, 7) is 2.22. The first-order valence-corrected chi connectivity index (χ1v) is 6.44. The molecule has 0 saturated carbocycles. The van der Waals surface area contributed by atoms with Crippen molar-refractivity contribution in [2.75, 3.05) is 13.1 Å². The Kier molecular flexibility index (Phi) is 3.32. The largest absolute Gasteiger partial charge is 0.343 e. The Morgan fingerprint density at radius 1 is 1.06 bits per heavy atom. The zero-order valence-corrected chi connectivity index (χ0v) is 10.3. The molecular weight excluding hydrogens is 226 g/mol. The van der Waals surface area contributed by atoms with E-state index in [9.17, 15) is 0 Å². The maximum atomic E-state index is 4.49. The molecule has 1 aliphatic rings. The van der Waals surface area contributed by atoms with Gasteiger partial charge in [-0.25, -0.2) is 9.97 Å². The van der Waals surface area contributed by atoms with Crippen LogP contribution in [0.3, 0.4) is 0 Å². The van der Waals surface area contributed by atoms with Crippen molar-refractivity contribution in [3.05, 3.63) is 30.5 Å². The molecule has 0 radical (unpaired) electrons. The molecule has 0 spiro atoms. The normalized spacial score (nSPS) is 16.9. The highest BCUT2D eigenvalue weighted by Crippen LogP contribution is 2.22. The third-order valence-electron chi connectivity index (χ3n) is 3.44. The van der Waals surface area contributed by atoms with Crippen LogP contribution in [0.4, 0.5) is 0 Å². The van der Waals surface area contributed by atoms with Gasteiger partial charge < -0.3 is 10.3 Å². The van der Waals surface area contributed by atoms with Gasteiger partial charge in [0.2, 0.25) is 0 Å². The Bertz CT molecular complexity index is 488. The molecule has 0 aliphatic carbocycles. The average molecular weight is 243 g/mol. The standard InChI is InChI=1S/C13H17N5/c1-3-14-4-2-10(1)9-11-12(16-6-5-15-11)13-17-7-8-18-13/h5-8,10,14H,1-4,9H2,(H,17,18). The van der Waals surface area contributed by atoms with Crippen molar-refractivity contribution in [3.63, 3.8) is 0 Å². The van der Waals surface area contributed by atoms with Gasteiger partial charge in [-0.2, -0.15) is 0 Å². The number of nitrogens with one attached hydrogen (secondary N) is 2. The number of H-pyrrole nitrogens is 1. The molecule has 5 nitrogen and oxygen atoms in total. The summed E-state index contributed by atoms with van der Waals surface area (Å²) in [6.07, 6.45) is 10.5. The van der Waals surface area contributed by atoms with E-state index < -0.39 is 0 Å². The lowest BCUT2D eigenvalue weighted by atomic mass is 9.92. The molecule has 0 unspecified atom stereocenters. The zero-order valence-electron chi connectivity index (χ0n) is 10.3. The van der Waals surface area contributed by atoms with Gasteiger partial charge in [-0.1, -0.05) is 0 Å². The molecule has 0 atom stereocenters. The molecule has 5 heteroatoms. The predicted molar refractivity (Wildman–Crippen MR) is 68.9 cm³/mol. The summed E-state index contributed by atoms with van der Waals surface area (Å²) in [5.41, 5.74) is 1.94. The first-order chi connectivity index (χ1) is 8.93.